The number of sulfone groups is 1. The number of fused-ring (bicyclic) bond motifs is 5. The van der Waals surface area contributed by atoms with Gasteiger partial charge < -0.3 is 22.1 Å². The van der Waals surface area contributed by atoms with Crippen LogP contribution in [0, 0.1) is 35.3 Å². The molecule has 0 atom stereocenters. The Morgan fingerprint density at radius 1 is 0.652 bits per heavy atom. The highest BCUT2D eigenvalue weighted by Gasteiger charge is 2.35. The van der Waals surface area contributed by atoms with Gasteiger partial charge in [-0.1, -0.05) is 69.2 Å². The highest BCUT2D eigenvalue weighted by atomic mass is 79.9. The second kappa shape index (κ2) is 29.2. The van der Waals surface area contributed by atoms with Gasteiger partial charge in [-0.3, -0.25) is 10.1 Å². The van der Waals surface area contributed by atoms with Gasteiger partial charge >= 0.3 is 12.1 Å². The molecule has 0 spiro atoms. The first-order valence-corrected chi connectivity index (χ1v) is 27.4. The van der Waals surface area contributed by atoms with Crippen molar-refractivity contribution in [3.05, 3.63) is 113 Å². The Bertz CT molecular complexity index is 2960. The van der Waals surface area contributed by atoms with Gasteiger partial charge in [0, 0.05) is 56.3 Å². The van der Waals surface area contributed by atoms with Crippen LogP contribution >= 0.6 is 72.6 Å². The molecular formula is C45H52BrF3N2O9S6. The minimum absolute atomic E-state index is 0.0457. The van der Waals surface area contributed by atoms with Crippen LogP contribution < -0.4 is 0 Å². The van der Waals surface area contributed by atoms with Crippen LogP contribution in [0.15, 0.2) is 108 Å². The lowest BCUT2D eigenvalue weighted by Gasteiger charge is -1.98. The predicted octanol–water partition coefficient (Wildman–Crippen LogP) is 19.2. The molecule has 0 N–H and O–H groups in total. The molecule has 21 heteroatoms. The van der Waals surface area contributed by atoms with Crippen molar-refractivity contribution in [2.75, 3.05) is 6.26 Å². The molecule has 0 bridgehead atoms. The Labute approximate surface area is 410 Å². The molecule has 10 aromatic heterocycles. The normalized spacial score (nSPS) is 10.1. The first kappa shape index (κ1) is 59.3. The molecule has 0 saturated heterocycles. The molecule has 10 aromatic rings. The summed E-state index contributed by atoms with van der Waals surface area (Å²) in [6.07, 6.45) is -3.24. The van der Waals surface area contributed by atoms with Crippen LogP contribution in [-0.4, -0.2) is 19.6 Å². The van der Waals surface area contributed by atoms with E-state index < -0.39 is 26.7 Å². The Morgan fingerprint density at radius 3 is 1.48 bits per heavy atom. The van der Waals surface area contributed by atoms with Crippen molar-refractivity contribution in [2.45, 2.75) is 94.4 Å². The number of thiophene rings is 5. The summed E-state index contributed by atoms with van der Waals surface area (Å²) in [5, 5.41) is 30.4. The number of hydrogen-bond acceptors (Lipinski definition) is 15. The van der Waals surface area contributed by atoms with Gasteiger partial charge in [-0.15, -0.1) is 56.7 Å². The van der Waals surface area contributed by atoms with E-state index in [9.17, 15) is 31.7 Å². The molecule has 0 aliphatic carbocycles. The van der Waals surface area contributed by atoms with E-state index in [-0.39, 0.29) is 11.0 Å². The van der Waals surface area contributed by atoms with Crippen molar-refractivity contribution in [3.8, 4) is 6.07 Å². The summed E-state index contributed by atoms with van der Waals surface area (Å²) < 4.78 is 84.0. The third-order valence-corrected chi connectivity index (χ3v) is 13.0. The fraction of sp³-hybridized carbons (Fsp3) is 0.311. The van der Waals surface area contributed by atoms with Crippen molar-refractivity contribution in [3.63, 3.8) is 0 Å². The number of aryl methyl sites for hydroxylation is 2. The molecule has 0 radical (unpaired) electrons. The van der Waals surface area contributed by atoms with Crippen LogP contribution in [0.4, 0.5) is 19.1 Å². The van der Waals surface area contributed by atoms with E-state index in [0.717, 1.165) is 54.3 Å². The lowest BCUT2D eigenvalue weighted by molar-refractivity contribution is -0.401. The lowest BCUT2D eigenvalue weighted by Crippen LogP contribution is -2.01. The third-order valence-electron chi connectivity index (χ3n) is 7.34. The molecule has 0 saturated carbocycles. The zero-order chi connectivity index (χ0) is 50.4. The predicted molar refractivity (Wildman–Crippen MR) is 274 cm³/mol. The van der Waals surface area contributed by atoms with Gasteiger partial charge in [-0.2, -0.15) is 18.4 Å². The highest BCUT2D eigenvalue weighted by Crippen LogP contribution is 2.36. The van der Waals surface area contributed by atoms with Crippen LogP contribution in [0.3, 0.4) is 0 Å². The summed E-state index contributed by atoms with van der Waals surface area (Å²) in [5.41, 5.74) is 1.33. The Morgan fingerprint density at radius 2 is 1.09 bits per heavy atom. The zero-order valence-electron chi connectivity index (χ0n) is 38.5. The van der Waals surface area contributed by atoms with E-state index in [2.05, 4.69) is 34.2 Å². The van der Waals surface area contributed by atoms with E-state index in [1.54, 1.807) is 41.0 Å². The molecule has 0 unspecified atom stereocenters. The highest BCUT2D eigenvalue weighted by molar-refractivity contribution is 9.10. The number of nitriles is 1. The van der Waals surface area contributed by atoms with Crippen molar-refractivity contribution in [1.29, 1.82) is 5.26 Å². The molecule has 10 heterocycles. The van der Waals surface area contributed by atoms with E-state index >= 15 is 0 Å². The van der Waals surface area contributed by atoms with E-state index in [4.69, 9.17) is 22.9 Å². The van der Waals surface area contributed by atoms with Crippen LogP contribution in [0.5, 0.6) is 0 Å². The van der Waals surface area contributed by atoms with Gasteiger partial charge in [0.2, 0.25) is 26.5 Å². The van der Waals surface area contributed by atoms with Crippen LogP contribution in [0.1, 0.15) is 91.2 Å². The van der Waals surface area contributed by atoms with Gasteiger partial charge in [0.15, 0.2) is 29.2 Å². The summed E-state index contributed by atoms with van der Waals surface area (Å²) in [6.45, 7) is 24.2. The summed E-state index contributed by atoms with van der Waals surface area (Å²) >= 11 is 10.4. The Kier molecular flexibility index (Phi) is 26.2. The molecule has 0 fully saturated rings. The van der Waals surface area contributed by atoms with E-state index in [1.165, 1.54) is 55.9 Å². The summed E-state index contributed by atoms with van der Waals surface area (Å²) in [7, 11) is -3.19. The van der Waals surface area contributed by atoms with Crippen molar-refractivity contribution >= 4 is 140 Å². The second-order valence-corrected chi connectivity index (χ2v) is 18.6. The molecule has 10 rings (SSSR count). The topological polar surface area (TPSA) is 167 Å². The maximum absolute atomic E-state index is 12.0. The van der Waals surface area contributed by atoms with E-state index in [1.807, 2.05) is 110 Å². The zero-order valence-corrected chi connectivity index (χ0v) is 45.0. The minimum atomic E-state index is -4.38. The van der Waals surface area contributed by atoms with Gasteiger partial charge in [-0.25, -0.2) is 8.42 Å². The smallest absolute Gasteiger partial charge is 0.441 e. The first-order valence-electron chi connectivity index (χ1n) is 20.3. The SMILES string of the molecule is CC.CC.CC.CC.CC.CS(=O)(=O)c1cc2ccsc2o1.Cc1sc2oc(Br)cc2c1C.FC(F)(F)c1cc2ccsc2o1.N#Cc1cc2ccsc2o1.O=[N+]([O-])c1cc2ccsc2o1. The van der Waals surface area contributed by atoms with Crippen molar-refractivity contribution in [2.24, 2.45) is 0 Å². The number of nitrogens with zero attached hydrogens (tertiary/aromatic N) is 2. The number of furan rings is 5. The van der Waals surface area contributed by atoms with E-state index in [0.29, 0.717) is 25.8 Å². The van der Waals surface area contributed by atoms with Crippen LogP contribution in [0.25, 0.3) is 51.4 Å². The molecule has 0 aliphatic rings. The Balaban J connectivity index is 0.000000393. The van der Waals surface area contributed by atoms with Crippen LogP contribution in [-0.2, 0) is 16.0 Å². The molecule has 0 aromatic carbocycles. The van der Waals surface area contributed by atoms with Gasteiger partial charge in [0.1, 0.15) is 11.0 Å². The number of hydrogen-bond donors (Lipinski definition) is 0. The average Bonchev–Trinajstić information content (AvgIpc) is 4.13. The monoisotopic (exact) mass is 1090 g/mol. The first-order chi connectivity index (χ1) is 31.5. The maximum atomic E-state index is 12.0. The summed E-state index contributed by atoms with van der Waals surface area (Å²) in [5.74, 6) is -0.724. The molecular weight excluding hydrogens is 1040 g/mol. The van der Waals surface area contributed by atoms with Gasteiger partial charge in [-0.05, 0) is 87.2 Å². The van der Waals surface area contributed by atoms with Crippen molar-refractivity contribution < 1.29 is 48.6 Å². The third kappa shape index (κ3) is 16.9. The number of rotatable bonds is 2. The maximum Gasteiger partial charge on any atom is 0.449 e. The molecule has 0 aliphatic heterocycles. The number of halogens is 4. The summed E-state index contributed by atoms with van der Waals surface area (Å²) in [4.78, 5) is 14.4. The molecule has 66 heavy (non-hydrogen) atoms. The van der Waals surface area contributed by atoms with Crippen molar-refractivity contribution in [1.82, 2.24) is 0 Å². The average molecular weight is 1090 g/mol. The minimum Gasteiger partial charge on any atom is -0.441 e. The number of alkyl halides is 3. The Hall–Kier alpha value is -4.69. The summed E-state index contributed by atoms with van der Waals surface area (Å²) in [6, 6.07) is 16.8. The number of nitro groups is 1. The van der Waals surface area contributed by atoms with Crippen LogP contribution in [0.2, 0.25) is 0 Å². The fourth-order valence-electron chi connectivity index (χ4n) is 4.58. The fourth-order valence-corrected chi connectivity index (χ4v) is 9.66. The molecule has 0 amide bonds. The standard InChI is InChI=1S/C8H7BrOS.C7H3F3OS.C7H3NOS.C7H6O3S2.C6H3NO3S.5C2H6/c1-4-5(2)11-8-6(4)3-7(9)10-8;8-7(9,10)5-3-4-1-2-12-6(4)11-5;8-4-6-3-5-1-2-10-7(5)9-6;1-12(8,9)6-4-5-2-3-11-7(5)10-6;8-7(9)5-3-4-1-2-11-6(4)10-5;5*1-2/h3H,1-2H3;1-3H;1-3H;2-4H,1H3;1-3H;5*1-2H3. The van der Waals surface area contributed by atoms with Gasteiger partial charge in [0.05, 0.1) is 6.07 Å². The molecule has 360 valence electrons. The van der Waals surface area contributed by atoms with Gasteiger partial charge in [0.25, 0.3) is 0 Å². The molecule has 11 nitrogen and oxygen atoms in total. The quantitative estimate of drug-likeness (QED) is 0.120. The second-order valence-electron chi connectivity index (χ2n) is 11.2. The lowest BCUT2D eigenvalue weighted by atomic mass is 10.2. The largest absolute Gasteiger partial charge is 0.449 e.